The molecular weight excluding hydrogens is 461 g/mol. The topological polar surface area (TPSA) is 42.2 Å². The van der Waals surface area contributed by atoms with Gasteiger partial charge in [-0.05, 0) is 24.3 Å². The molecular formula is C30H18BN3OS. The molecule has 0 amide bonds. The molecule has 1 aliphatic rings. The third-order valence-corrected chi connectivity index (χ3v) is 8.20. The number of para-hydroxylation sites is 2. The maximum atomic E-state index is 6.66. The molecule has 4 aromatic carbocycles. The van der Waals surface area contributed by atoms with Gasteiger partial charge in [-0.2, -0.15) is 0 Å². The first-order valence-electron chi connectivity index (χ1n) is 12.0. The minimum atomic E-state index is -0.0160. The number of nitrogens with zero attached hydrogens (tertiary/aromatic N) is 3. The fourth-order valence-corrected chi connectivity index (χ4v) is 6.72. The second-order valence-corrected chi connectivity index (χ2v) is 10.1. The number of fused-ring (bicyclic) bond motifs is 7. The van der Waals surface area contributed by atoms with Crippen LogP contribution in [0, 0.1) is 0 Å². The van der Waals surface area contributed by atoms with E-state index in [1.165, 1.54) is 20.3 Å². The summed E-state index contributed by atoms with van der Waals surface area (Å²) in [5.74, 6) is 0.651. The molecule has 168 valence electrons. The Kier molecular flexibility index (Phi) is 4.16. The average molecular weight is 479 g/mol. The monoisotopic (exact) mass is 479 g/mol. The van der Waals surface area contributed by atoms with Gasteiger partial charge in [-0.15, -0.1) is 11.3 Å². The van der Waals surface area contributed by atoms with Gasteiger partial charge >= 0.3 is 6.71 Å². The van der Waals surface area contributed by atoms with Crippen molar-refractivity contribution in [3.05, 3.63) is 109 Å². The molecule has 4 heterocycles. The first kappa shape index (κ1) is 19.8. The number of anilines is 3. The number of aromatic nitrogens is 2. The second kappa shape index (κ2) is 7.54. The molecule has 0 saturated carbocycles. The number of benzene rings is 4. The third kappa shape index (κ3) is 2.76. The first-order valence-corrected chi connectivity index (χ1v) is 12.8. The first-order chi connectivity index (χ1) is 17.9. The lowest BCUT2D eigenvalue weighted by Gasteiger charge is -2.30. The van der Waals surface area contributed by atoms with Crippen molar-refractivity contribution in [2.45, 2.75) is 0 Å². The zero-order chi connectivity index (χ0) is 23.6. The standard InChI is InChI=1S/C30H18BN3OS/c1-2-11-20(12-3-1)31-28-26(21-13-5-8-16-24(21)35-28)34(27-22-14-6-9-17-25(22)36-29(27)31)30-32-18-19-10-4-7-15-23(19)33-30/h1-18H. The van der Waals surface area contributed by atoms with Crippen LogP contribution in [0.1, 0.15) is 0 Å². The number of hydrogen-bond acceptors (Lipinski definition) is 5. The zero-order valence-corrected chi connectivity index (χ0v) is 19.9. The lowest BCUT2D eigenvalue weighted by molar-refractivity contribution is 0.651. The van der Waals surface area contributed by atoms with E-state index in [9.17, 15) is 0 Å². The third-order valence-electron chi connectivity index (χ3n) is 6.97. The van der Waals surface area contributed by atoms with Gasteiger partial charge in [-0.25, -0.2) is 9.97 Å². The van der Waals surface area contributed by atoms with Crippen LogP contribution in [0.15, 0.2) is 114 Å². The van der Waals surface area contributed by atoms with Crippen molar-refractivity contribution in [3.63, 3.8) is 0 Å². The summed E-state index contributed by atoms with van der Waals surface area (Å²) >= 11 is 1.82. The molecule has 1 aliphatic heterocycles. The fraction of sp³-hybridized carbons (Fsp3) is 0. The highest BCUT2D eigenvalue weighted by molar-refractivity contribution is 7.33. The van der Waals surface area contributed by atoms with Gasteiger partial charge in [0.2, 0.25) is 5.95 Å². The second-order valence-electron chi connectivity index (χ2n) is 9.03. The molecule has 6 heteroatoms. The van der Waals surface area contributed by atoms with Crippen molar-refractivity contribution in [2.24, 2.45) is 0 Å². The summed E-state index contributed by atoms with van der Waals surface area (Å²) in [6.45, 7) is -0.0160. The van der Waals surface area contributed by atoms with E-state index in [0.717, 1.165) is 38.9 Å². The highest BCUT2D eigenvalue weighted by atomic mass is 32.1. The Balaban J connectivity index is 1.52. The van der Waals surface area contributed by atoms with Crippen LogP contribution in [-0.4, -0.2) is 16.7 Å². The van der Waals surface area contributed by atoms with Crippen molar-refractivity contribution < 1.29 is 4.42 Å². The average Bonchev–Trinajstić information content (AvgIpc) is 3.51. The van der Waals surface area contributed by atoms with Gasteiger partial charge in [0.15, 0.2) is 0 Å². The normalized spacial score (nSPS) is 12.9. The molecule has 0 spiro atoms. The molecule has 0 radical (unpaired) electrons. The van der Waals surface area contributed by atoms with Gasteiger partial charge in [0.1, 0.15) is 11.2 Å². The van der Waals surface area contributed by atoms with Crippen molar-refractivity contribution in [3.8, 4) is 0 Å². The summed E-state index contributed by atoms with van der Waals surface area (Å²) in [4.78, 5) is 12.1. The summed E-state index contributed by atoms with van der Waals surface area (Å²) in [6, 6.07) is 35.6. The maximum Gasteiger partial charge on any atom is 0.305 e. The van der Waals surface area contributed by atoms with E-state index in [1.54, 1.807) is 0 Å². The molecule has 0 aliphatic carbocycles. The van der Waals surface area contributed by atoms with Crippen LogP contribution >= 0.6 is 11.3 Å². The van der Waals surface area contributed by atoms with E-state index in [0.29, 0.717) is 5.95 Å². The molecule has 7 aromatic rings. The van der Waals surface area contributed by atoms with Crippen LogP contribution in [0.5, 0.6) is 0 Å². The minimum Gasteiger partial charge on any atom is -0.468 e. The van der Waals surface area contributed by atoms with Crippen molar-refractivity contribution in [1.29, 1.82) is 0 Å². The van der Waals surface area contributed by atoms with Gasteiger partial charge in [-0.3, -0.25) is 4.90 Å². The predicted octanol–water partition coefficient (Wildman–Crippen LogP) is 5.89. The van der Waals surface area contributed by atoms with Gasteiger partial charge in [-0.1, -0.05) is 84.3 Å². The smallest absolute Gasteiger partial charge is 0.305 e. The van der Waals surface area contributed by atoms with Crippen LogP contribution in [-0.2, 0) is 0 Å². The van der Waals surface area contributed by atoms with Crippen LogP contribution in [0.25, 0.3) is 32.0 Å². The SMILES string of the molecule is c1ccc(B2c3oc4ccccc4c3N(c3ncc4ccccc4n3)c3c2sc2ccccc32)cc1. The van der Waals surface area contributed by atoms with E-state index >= 15 is 0 Å². The molecule has 3 aromatic heterocycles. The highest BCUT2D eigenvalue weighted by Crippen LogP contribution is 2.45. The molecule has 0 saturated heterocycles. The lowest BCUT2D eigenvalue weighted by atomic mass is 9.40. The Hall–Kier alpha value is -4.42. The van der Waals surface area contributed by atoms with E-state index in [1.807, 2.05) is 53.9 Å². The lowest BCUT2D eigenvalue weighted by Crippen LogP contribution is -2.55. The molecule has 0 fully saturated rings. The molecule has 36 heavy (non-hydrogen) atoms. The van der Waals surface area contributed by atoms with Gasteiger partial charge in [0.05, 0.1) is 16.9 Å². The van der Waals surface area contributed by atoms with Gasteiger partial charge in [0.25, 0.3) is 0 Å². The van der Waals surface area contributed by atoms with Crippen molar-refractivity contribution >= 4 is 83.2 Å². The van der Waals surface area contributed by atoms with E-state index in [2.05, 4.69) is 71.6 Å². The Morgan fingerprint density at radius 2 is 1.47 bits per heavy atom. The van der Waals surface area contributed by atoms with Crippen LogP contribution in [0.3, 0.4) is 0 Å². The fourth-order valence-electron chi connectivity index (χ4n) is 5.40. The van der Waals surface area contributed by atoms with E-state index in [4.69, 9.17) is 14.4 Å². The summed E-state index contributed by atoms with van der Waals surface area (Å²) < 4.78 is 9.14. The van der Waals surface area contributed by atoms with Crippen molar-refractivity contribution in [1.82, 2.24) is 9.97 Å². The number of furan rings is 1. The quantitative estimate of drug-likeness (QED) is 0.290. The van der Waals surface area contributed by atoms with E-state index < -0.39 is 0 Å². The Morgan fingerprint density at radius 3 is 2.39 bits per heavy atom. The zero-order valence-electron chi connectivity index (χ0n) is 19.1. The van der Waals surface area contributed by atoms with Crippen LogP contribution in [0.4, 0.5) is 17.3 Å². The molecule has 8 rings (SSSR count). The number of hydrogen-bond donors (Lipinski definition) is 0. The van der Waals surface area contributed by atoms with Gasteiger partial charge in [0, 0.05) is 31.8 Å². The largest absolute Gasteiger partial charge is 0.468 e. The van der Waals surface area contributed by atoms with E-state index in [-0.39, 0.29) is 6.71 Å². The maximum absolute atomic E-state index is 6.66. The Morgan fingerprint density at radius 1 is 0.722 bits per heavy atom. The summed E-state index contributed by atoms with van der Waals surface area (Å²) in [5, 5.41) is 3.28. The number of rotatable bonds is 2. The molecule has 0 N–H and O–H groups in total. The van der Waals surface area contributed by atoms with Gasteiger partial charge < -0.3 is 4.42 Å². The summed E-state index contributed by atoms with van der Waals surface area (Å²) in [6.07, 6.45) is 1.91. The molecule has 0 bridgehead atoms. The Bertz CT molecular complexity index is 1850. The Labute approximate surface area is 211 Å². The number of thiophene rings is 1. The minimum absolute atomic E-state index is 0.0160. The van der Waals surface area contributed by atoms with Crippen LogP contribution < -0.4 is 20.8 Å². The molecule has 0 atom stereocenters. The summed E-state index contributed by atoms with van der Waals surface area (Å²) in [5.41, 5.74) is 6.09. The van der Waals surface area contributed by atoms with Crippen LogP contribution in [0.2, 0.25) is 0 Å². The van der Waals surface area contributed by atoms with Crippen molar-refractivity contribution in [2.75, 3.05) is 4.90 Å². The highest BCUT2D eigenvalue weighted by Gasteiger charge is 2.43. The molecule has 4 nitrogen and oxygen atoms in total. The predicted molar refractivity (Wildman–Crippen MR) is 150 cm³/mol. The summed E-state index contributed by atoms with van der Waals surface area (Å²) in [7, 11) is 0. The molecule has 0 unspecified atom stereocenters.